The average Bonchev–Trinajstić information content (AvgIpc) is 2.42. The molecule has 0 bridgehead atoms. The predicted octanol–water partition coefficient (Wildman–Crippen LogP) is 2.20. The molecule has 0 atom stereocenters. The van der Waals surface area contributed by atoms with Crippen LogP contribution in [0.2, 0.25) is 0 Å². The standard InChI is InChI=1S/C14H16O4/c1-17-13(15)8-5-11-18-14(16)10-9-12-6-3-2-4-7-12/h2-4,6-7,9-10H,5,8,11H2,1H3/b10-9+. The average molecular weight is 248 g/mol. The minimum absolute atomic E-state index is 0.215. The Balaban J connectivity index is 2.22. The van der Waals surface area contributed by atoms with E-state index in [1.165, 1.54) is 13.2 Å². The first-order valence-electron chi connectivity index (χ1n) is 5.69. The lowest BCUT2D eigenvalue weighted by Gasteiger charge is -2.01. The summed E-state index contributed by atoms with van der Waals surface area (Å²) in [5.74, 6) is -0.713. The van der Waals surface area contributed by atoms with Gasteiger partial charge in [-0.2, -0.15) is 0 Å². The Morgan fingerprint density at radius 2 is 1.94 bits per heavy atom. The van der Waals surface area contributed by atoms with Crippen LogP contribution in [-0.2, 0) is 19.1 Å². The van der Waals surface area contributed by atoms with Gasteiger partial charge in [-0.05, 0) is 18.1 Å². The molecule has 0 fully saturated rings. The summed E-state index contributed by atoms with van der Waals surface area (Å²) in [6, 6.07) is 9.47. The SMILES string of the molecule is COC(=O)CCCOC(=O)/C=C/c1ccccc1. The van der Waals surface area contributed by atoms with Gasteiger partial charge in [0.1, 0.15) is 0 Å². The molecule has 0 unspecified atom stereocenters. The zero-order chi connectivity index (χ0) is 13.2. The zero-order valence-electron chi connectivity index (χ0n) is 10.3. The number of benzene rings is 1. The second kappa shape index (κ2) is 8.06. The maximum atomic E-state index is 11.3. The van der Waals surface area contributed by atoms with Crippen molar-refractivity contribution in [3.63, 3.8) is 0 Å². The van der Waals surface area contributed by atoms with E-state index in [-0.39, 0.29) is 19.0 Å². The van der Waals surface area contributed by atoms with Gasteiger partial charge in [0.2, 0.25) is 0 Å². The van der Waals surface area contributed by atoms with Gasteiger partial charge >= 0.3 is 11.9 Å². The van der Waals surface area contributed by atoms with Crippen LogP contribution in [0.15, 0.2) is 36.4 Å². The third-order valence-corrected chi connectivity index (χ3v) is 2.21. The largest absolute Gasteiger partial charge is 0.469 e. The summed E-state index contributed by atoms with van der Waals surface area (Å²) in [7, 11) is 1.33. The molecule has 1 aromatic rings. The first-order chi connectivity index (χ1) is 8.72. The Hall–Kier alpha value is -2.10. The molecule has 0 spiro atoms. The molecule has 0 N–H and O–H groups in total. The summed E-state index contributed by atoms with van der Waals surface area (Å²) in [5, 5.41) is 0. The van der Waals surface area contributed by atoms with Gasteiger partial charge in [-0.1, -0.05) is 30.3 Å². The number of esters is 2. The fourth-order valence-corrected chi connectivity index (χ4v) is 1.27. The Labute approximate surface area is 106 Å². The molecule has 18 heavy (non-hydrogen) atoms. The highest BCUT2D eigenvalue weighted by Crippen LogP contribution is 2.01. The van der Waals surface area contributed by atoms with Crippen LogP contribution in [0.25, 0.3) is 6.08 Å². The number of rotatable bonds is 6. The van der Waals surface area contributed by atoms with Gasteiger partial charge in [-0.15, -0.1) is 0 Å². The number of hydrogen-bond acceptors (Lipinski definition) is 4. The van der Waals surface area contributed by atoms with E-state index in [0.717, 1.165) is 5.56 Å². The second-order valence-corrected chi connectivity index (χ2v) is 3.59. The highest BCUT2D eigenvalue weighted by Gasteiger charge is 2.01. The van der Waals surface area contributed by atoms with E-state index in [1.54, 1.807) is 6.08 Å². The third-order valence-electron chi connectivity index (χ3n) is 2.21. The Bertz CT molecular complexity index is 409. The molecule has 0 radical (unpaired) electrons. The van der Waals surface area contributed by atoms with Crippen molar-refractivity contribution in [2.24, 2.45) is 0 Å². The molecule has 0 aromatic heterocycles. The van der Waals surface area contributed by atoms with Crippen LogP contribution < -0.4 is 0 Å². The molecular formula is C14H16O4. The van der Waals surface area contributed by atoms with E-state index in [0.29, 0.717) is 6.42 Å². The van der Waals surface area contributed by atoms with Crippen molar-refractivity contribution in [1.82, 2.24) is 0 Å². The maximum Gasteiger partial charge on any atom is 0.330 e. The van der Waals surface area contributed by atoms with Gasteiger partial charge in [-0.25, -0.2) is 4.79 Å². The van der Waals surface area contributed by atoms with E-state index in [1.807, 2.05) is 30.3 Å². The molecule has 0 aliphatic carbocycles. The molecular weight excluding hydrogens is 232 g/mol. The normalized spacial score (nSPS) is 10.3. The van der Waals surface area contributed by atoms with Gasteiger partial charge in [0.05, 0.1) is 13.7 Å². The smallest absolute Gasteiger partial charge is 0.330 e. The fraction of sp³-hybridized carbons (Fsp3) is 0.286. The van der Waals surface area contributed by atoms with Gasteiger partial charge in [0, 0.05) is 12.5 Å². The molecule has 0 aliphatic rings. The number of hydrogen-bond donors (Lipinski definition) is 0. The van der Waals surface area contributed by atoms with Gasteiger partial charge in [0.15, 0.2) is 0 Å². The van der Waals surface area contributed by atoms with E-state index in [4.69, 9.17) is 4.74 Å². The molecule has 1 aromatic carbocycles. The number of carbonyl (C=O) groups is 2. The molecule has 0 aliphatic heterocycles. The molecule has 4 nitrogen and oxygen atoms in total. The highest BCUT2D eigenvalue weighted by molar-refractivity contribution is 5.87. The highest BCUT2D eigenvalue weighted by atomic mass is 16.5. The minimum Gasteiger partial charge on any atom is -0.469 e. The number of ether oxygens (including phenoxy) is 2. The van der Waals surface area contributed by atoms with Crippen molar-refractivity contribution in [1.29, 1.82) is 0 Å². The summed E-state index contributed by atoms with van der Waals surface area (Å²) in [4.78, 5) is 22.1. The minimum atomic E-state index is -0.413. The van der Waals surface area contributed by atoms with E-state index in [9.17, 15) is 9.59 Å². The van der Waals surface area contributed by atoms with Crippen molar-refractivity contribution < 1.29 is 19.1 Å². The molecule has 1 rings (SSSR count). The van der Waals surface area contributed by atoms with Crippen LogP contribution in [0.5, 0.6) is 0 Å². The first kappa shape index (κ1) is 14.0. The Kier molecular flexibility index (Phi) is 6.25. The van der Waals surface area contributed by atoms with E-state index >= 15 is 0 Å². The van der Waals surface area contributed by atoms with Crippen molar-refractivity contribution in [3.8, 4) is 0 Å². The van der Waals surface area contributed by atoms with Crippen molar-refractivity contribution in [2.75, 3.05) is 13.7 Å². The Morgan fingerprint density at radius 3 is 2.61 bits per heavy atom. The van der Waals surface area contributed by atoms with Gasteiger partial charge < -0.3 is 9.47 Å². The summed E-state index contributed by atoms with van der Waals surface area (Å²) in [6.07, 6.45) is 3.78. The van der Waals surface area contributed by atoms with Gasteiger partial charge in [0.25, 0.3) is 0 Å². The fourth-order valence-electron chi connectivity index (χ4n) is 1.27. The van der Waals surface area contributed by atoms with E-state index < -0.39 is 5.97 Å². The molecule has 0 amide bonds. The molecule has 0 heterocycles. The maximum absolute atomic E-state index is 11.3. The zero-order valence-corrected chi connectivity index (χ0v) is 10.3. The van der Waals surface area contributed by atoms with Crippen LogP contribution in [0, 0.1) is 0 Å². The van der Waals surface area contributed by atoms with Crippen molar-refractivity contribution in [3.05, 3.63) is 42.0 Å². The van der Waals surface area contributed by atoms with Crippen molar-refractivity contribution >= 4 is 18.0 Å². The van der Waals surface area contributed by atoms with Crippen LogP contribution in [0.3, 0.4) is 0 Å². The molecule has 4 heteroatoms. The second-order valence-electron chi connectivity index (χ2n) is 3.59. The van der Waals surface area contributed by atoms with Crippen LogP contribution in [0.1, 0.15) is 18.4 Å². The van der Waals surface area contributed by atoms with Crippen LogP contribution in [0.4, 0.5) is 0 Å². The Morgan fingerprint density at radius 1 is 1.22 bits per heavy atom. The molecule has 0 saturated carbocycles. The van der Waals surface area contributed by atoms with Crippen LogP contribution >= 0.6 is 0 Å². The summed E-state index contributed by atoms with van der Waals surface area (Å²) in [5.41, 5.74) is 0.934. The number of methoxy groups -OCH3 is 1. The molecule has 96 valence electrons. The quantitative estimate of drug-likeness (QED) is 0.440. The topological polar surface area (TPSA) is 52.6 Å². The third kappa shape index (κ3) is 5.84. The van der Waals surface area contributed by atoms with Gasteiger partial charge in [-0.3, -0.25) is 4.79 Å². The summed E-state index contributed by atoms with van der Waals surface area (Å²) < 4.78 is 9.39. The molecule has 0 saturated heterocycles. The lowest BCUT2D eigenvalue weighted by Crippen LogP contribution is -2.06. The lowest BCUT2D eigenvalue weighted by molar-refractivity contribution is -0.143. The number of carbonyl (C=O) groups excluding carboxylic acids is 2. The first-order valence-corrected chi connectivity index (χ1v) is 5.69. The predicted molar refractivity (Wildman–Crippen MR) is 67.7 cm³/mol. The monoisotopic (exact) mass is 248 g/mol. The van der Waals surface area contributed by atoms with Crippen LogP contribution in [-0.4, -0.2) is 25.7 Å². The van der Waals surface area contributed by atoms with E-state index in [2.05, 4.69) is 4.74 Å². The van der Waals surface area contributed by atoms with Crippen molar-refractivity contribution in [2.45, 2.75) is 12.8 Å². The summed E-state index contributed by atoms with van der Waals surface area (Å²) >= 11 is 0. The summed E-state index contributed by atoms with van der Waals surface area (Å²) in [6.45, 7) is 0.215. The lowest BCUT2D eigenvalue weighted by atomic mass is 10.2.